The van der Waals surface area contributed by atoms with Gasteiger partial charge in [0.25, 0.3) is 0 Å². The van der Waals surface area contributed by atoms with Crippen LogP contribution in [0.3, 0.4) is 0 Å². The van der Waals surface area contributed by atoms with Gasteiger partial charge in [0, 0.05) is 11.6 Å². The molecule has 0 spiro atoms. The van der Waals surface area contributed by atoms with Crippen LogP contribution in [0, 0.1) is 17.1 Å². The minimum absolute atomic E-state index is 0.0110. The van der Waals surface area contributed by atoms with Gasteiger partial charge in [-0.1, -0.05) is 48.5 Å². The van der Waals surface area contributed by atoms with Crippen LogP contribution in [0.15, 0.2) is 109 Å². The lowest BCUT2D eigenvalue weighted by Crippen LogP contribution is -2.21. The average Bonchev–Trinajstić information content (AvgIpc) is 2.92. The zero-order valence-electron chi connectivity index (χ0n) is 19.6. The van der Waals surface area contributed by atoms with E-state index in [0.29, 0.717) is 35.0 Å². The van der Waals surface area contributed by atoms with Crippen LogP contribution in [0.25, 0.3) is 0 Å². The standard InChI is InChI=1S/C30H21FN2O4/c31-22-10-6-19(7-11-22)18-35-23-12-8-20(9-13-23)28-25-15-14-24(16-27(25)37-29(33)26(28)17-32)36-30(34)21-4-2-1-3-5-21/h1-16,28H,18,33H2. The van der Waals surface area contributed by atoms with Crippen molar-refractivity contribution in [3.05, 3.63) is 137 Å². The van der Waals surface area contributed by atoms with E-state index in [1.54, 1.807) is 66.7 Å². The summed E-state index contributed by atoms with van der Waals surface area (Å²) in [6.07, 6.45) is 0. The number of allylic oxidation sites excluding steroid dienone is 1. The molecule has 4 aromatic rings. The smallest absolute Gasteiger partial charge is 0.343 e. The number of nitriles is 1. The Kier molecular flexibility index (Phi) is 6.56. The van der Waals surface area contributed by atoms with E-state index >= 15 is 0 Å². The number of benzene rings is 4. The Labute approximate surface area is 212 Å². The molecule has 7 heteroatoms. The van der Waals surface area contributed by atoms with E-state index < -0.39 is 11.9 Å². The van der Waals surface area contributed by atoms with E-state index in [1.165, 1.54) is 12.1 Å². The summed E-state index contributed by atoms with van der Waals surface area (Å²) < 4.78 is 30.1. The summed E-state index contributed by atoms with van der Waals surface area (Å²) in [6, 6.07) is 29.2. The Morgan fingerprint density at radius 2 is 1.65 bits per heavy atom. The highest BCUT2D eigenvalue weighted by Crippen LogP contribution is 2.43. The third-order valence-corrected chi connectivity index (χ3v) is 5.94. The van der Waals surface area contributed by atoms with Crippen molar-refractivity contribution >= 4 is 5.97 Å². The highest BCUT2D eigenvalue weighted by atomic mass is 19.1. The van der Waals surface area contributed by atoms with Crippen LogP contribution in [0.1, 0.15) is 33.0 Å². The van der Waals surface area contributed by atoms with E-state index in [-0.39, 0.29) is 17.3 Å². The molecule has 1 aliphatic heterocycles. The summed E-state index contributed by atoms with van der Waals surface area (Å²) in [5.74, 6) is 0.0406. The third kappa shape index (κ3) is 5.14. The van der Waals surface area contributed by atoms with E-state index in [9.17, 15) is 14.4 Å². The molecule has 4 aromatic carbocycles. The number of carbonyl (C=O) groups is 1. The van der Waals surface area contributed by atoms with Crippen molar-refractivity contribution in [2.45, 2.75) is 12.5 Å². The number of nitrogens with zero attached hydrogens (tertiary/aromatic N) is 1. The second kappa shape index (κ2) is 10.3. The van der Waals surface area contributed by atoms with Gasteiger partial charge in [-0.15, -0.1) is 0 Å². The number of nitrogens with two attached hydrogens (primary N) is 1. The maximum Gasteiger partial charge on any atom is 0.343 e. The minimum Gasteiger partial charge on any atom is -0.489 e. The molecule has 0 aromatic heterocycles. The Bertz CT molecular complexity index is 1510. The van der Waals surface area contributed by atoms with E-state index in [2.05, 4.69) is 6.07 Å². The van der Waals surface area contributed by atoms with Crippen molar-refractivity contribution in [2.75, 3.05) is 0 Å². The summed E-state index contributed by atoms with van der Waals surface area (Å²) in [5.41, 5.74) is 9.17. The molecule has 1 atom stereocenters. The van der Waals surface area contributed by atoms with Crippen LogP contribution >= 0.6 is 0 Å². The molecular weight excluding hydrogens is 471 g/mol. The van der Waals surface area contributed by atoms with Crippen molar-refractivity contribution in [2.24, 2.45) is 5.73 Å². The first-order chi connectivity index (χ1) is 18.0. The van der Waals surface area contributed by atoms with Crippen molar-refractivity contribution in [1.82, 2.24) is 0 Å². The molecule has 1 unspecified atom stereocenters. The van der Waals surface area contributed by atoms with Gasteiger partial charge in [-0.3, -0.25) is 0 Å². The second-order valence-corrected chi connectivity index (χ2v) is 8.36. The van der Waals surface area contributed by atoms with Crippen LogP contribution in [-0.4, -0.2) is 5.97 Å². The van der Waals surface area contributed by atoms with Gasteiger partial charge in [0.1, 0.15) is 41.3 Å². The van der Waals surface area contributed by atoms with Gasteiger partial charge in [-0.25, -0.2) is 9.18 Å². The molecule has 1 heterocycles. The molecular formula is C30H21FN2O4. The quantitative estimate of drug-likeness (QED) is 0.268. The fourth-order valence-corrected chi connectivity index (χ4v) is 4.09. The van der Waals surface area contributed by atoms with Crippen LogP contribution < -0.4 is 19.9 Å². The van der Waals surface area contributed by atoms with Crippen LogP contribution in [0.2, 0.25) is 0 Å². The molecule has 2 N–H and O–H groups in total. The highest BCUT2D eigenvalue weighted by molar-refractivity contribution is 5.91. The van der Waals surface area contributed by atoms with Gasteiger partial charge in [0.05, 0.1) is 11.5 Å². The molecule has 0 radical (unpaired) electrons. The van der Waals surface area contributed by atoms with Crippen molar-refractivity contribution in [1.29, 1.82) is 5.26 Å². The highest BCUT2D eigenvalue weighted by Gasteiger charge is 2.31. The lowest BCUT2D eigenvalue weighted by molar-refractivity contribution is 0.0734. The van der Waals surface area contributed by atoms with Crippen molar-refractivity contribution in [3.63, 3.8) is 0 Å². The average molecular weight is 493 g/mol. The predicted molar refractivity (Wildman–Crippen MR) is 134 cm³/mol. The molecule has 0 saturated heterocycles. The molecule has 0 saturated carbocycles. The normalized spacial score (nSPS) is 14.2. The number of hydrogen-bond acceptors (Lipinski definition) is 6. The minimum atomic E-state index is -0.495. The molecule has 1 aliphatic rings. The maximum absolute atomic E-state index is 13.1. The van der Waals surface area contributed by atoms with Crippen LogP contribution in [0.4, 0.5) is 4.39 Å². The van der Waals surface area contributed by atoms with Gasteiger partial charge in [-0.05, 0) is 53.6 Å². The number of rotatable bonds is 6. The van der Waals surface area contributed by atoms with Crippen molar-refractivity contribution < 1.29 is 23.4 Å². The second-order valence-electron chi connectivity index (χ2n) is 8.36. The first kappa shape index (κ1) is 23.6. The summed E-state index contributed by atoms with van der Waals surface area (Å²) in [6.45, 7) is 0.292. The molecule has 0 fully saturated rings. The molecule has 37 heavy (non-hydrogen) atoms. The van der Waals surface area contributed by atoms with Crippen LogP contribution in [-0.2, 0) is 6.61 Å². The largest absolute Gasteiger partial charge is 0.489 e. The predicted octanol–water partition coefficient (Wildman–Crippen LogP) is 5.84. The summed E-state index contributed by atoms with van der Waals surface area (Å²) in [4.78, 5) is 12.5. The van der Waals surface area contributed by atoms with Crippen molar-refractivity contribution in [3.8, 4) is 23.3 Å². The Morgan fingerprint density at radius 3 is 2.35 bits per heavy atom. The fraction of sp³-hybridized carbons (Fsp3) is 0.0667. The van der Waals surface area contributed by atoms with Gasteiger partial charge >= 0.3 is 5.97 Å². The molecule has 0 amide bonds. The number of halogens is 1. The monoisotopic (exact) mass is 492 g/mol. The molecule has 0 bridgehead atoms. The Balaban J connectivity index is 1.37. The number of esters is 1. The third-order valence-electron chi connectivity index (χ3n) is 5.94. The summed E-state index contributed by atoms with van der Waals surface area (Å²) >= 11 is 0. The summed E-state index contributed by atoms with van der Waals surface area (Å²) in [5, 5.41) is 9.81. The topological polar surface area (TPSA) is 94.6 Å². The number of ether oxygens (including phenoxy) is 3. The van der Waals surface area contributed by atoms with Gasteiger partial charge in [0.2, 0.25) is 5.88 Å². The van der Waals surface area contributed by atoms with E-state index in [4.69, 9.17) is 19.9 Å². The molecule has 182 valence electrons. The van der Waals surface area contributed by atoms with Gasteiger partial charge in [-0.2, -0.15) is 5.26 Å². The number of fused-ring (bicyclic) bond motifs is 1. The molecule has 0 aliphatic carbocycles. The first-order valence-electron chi connectivity index (χ1n) is 11.5. The SMILES string of the molecule is N#CC1=C(N)Oc2cc(OC(=O)c3ccccc3)ccc2C1c1ccc(OCc2ccc(F)cc2)cc1. The van der Waals surface area contributed by atoms with Crippen LogP contribution in [0.5, 0.6) is 17.2 Å². The summed E-state index contributed by atoms with van der Waals surface area (Å²) in [7, 11) is 0. The zero-order chi connectivity index (χ0) is 25.8. The maximum atomic E-state index is 13.1. The lowest BCUT2D eigenvalue weighted by Gasteiger charge is -2.26. The Hall–Kier alpha value is -5.09. The van der Waals surface area contributed by atoms with Gasteiger partial charge in [0.15, 0.2) is 0 Å². The lowest BCUT2D eigenvalue weighted by atomic mass is 9.83. The van der Waals surface area contributed by atoms with E-state index in [1.807, 2.05) is 18.2 Å². The molecule has 6 nitrogen and oxygen atoms in total. The van der Waals surface area contributed by atoms with E-state index in [0.717, 1.165) is 11.1 Å². The molecule has 5 rings (SSSR count). The zero-order valence-corrected chi connectivity index (χ0v) is 19.6. The Morgan fingerprint density at radius 1 is 0.946 bits per heavy atom. The fourth-order valence-electron chi connectivity index (χ4n) is 4.09. The number of carbonyl (C=O) groups excluding carboxylic acids is 1. The first-order valence-corrected chi connectivity index (χ1v) is 11.5. The number of hydrogen-bond donors (Lipinski definition) is 1. The van der Waals surface area contributed by atoms with Gasteiger partial charge < -0.3 is 19.9 Å².